The molecule has 0 aromatic heterocycles. The van der Waals surface area contributed by atoms with E-state index in [0.29, 0.717) is 0 Å². The van der Waals surface area contributed by atoms with Crippen molar-refractivity contribution >= 4 is 0 Å². The highest BCUT2D eigenvalue weighted by Gasteiger charge is 2.41. The lowest BCUT2D eigenvalue weighted by Crippen LogP contribution is -2.04. The van der Waals surface area contributed by atoms with E-state index in [4.69, 9.17) is 0 Å². The Kier molecular flexibility index (Phi) is 4.28. The molecule has 0 saturated heterocycles. The van der Waals surface area contributed by atoms with Crippen molar-refractivity contribution < 1.29 is 0 Å². The van der Waals surface area contributed by atoms with E-state index in [1.807, 2.05) is 0 Å². The highest BCUT2D eigenvalue weighted by molar-refractivity contribution is 4.93. The van der Waals surface area contributed by atoms with Gasteiger partial charge in [-0.2, -0.15) is 0 Å². The second kappa shape index (κ2) is 5.02. The van der Waals surface area contributed by atoms with Gasteiger partial charge in [0.15, 0.2) is 0 Å². The first-order chi connectivity index (χ1) is 6.18. The van der Waals surface area contributed by atoms with Crippen LogP contribution in [0.2, 0.25) is 0 Å². The van der Waals surface area contributed by atoms with Crippen molar-refractivity contribution in [2.24, 2.45) is 11.3 Å². The van der Waals surface area contributed by atoms with Crippen LogP contribution in [-0.2, 0) is 0 Å². The lowest BCUT2D eigenvalue weighted by molar-refractivity contribution is 0.350. The average molecular weight is 182 g/mol. The molecule has 0 unspecified atom stereocenters. The number of hydrogen-bond donors (Lipinski definition) is 0. The standard InChI is InChI=1S/C13H26/c1-4-5-6-7-8-13(9-10-13)11-12(2)3/h12H,4-11H2,1-3H3. The van der Waals surface area contributed by atoms with Gasteiger partial charge in [0.1, 0.15) is 0 Å². The van der Waals surface area contributed by atoms with Crippen molar-refractivity contribution in [1.82, 2.24) is 0 Å². The number of hydrogen-bond acceptors (Lipinski definition) is 0. The molecule has 0 radical (unpaired) electrons. The minimum Gasteiger partial charge on any atom is -0.0654 e. The fourth-order valence-corrected chi connectivity index (χ4v) is 2.53. The second-order valence-corrected chi connectivity index (χ2v) is 5.41. The molecule has 1 fully saturated rings. The van der Waals surface area contributed by atoms with Crippen molar-refractivity contribution in [1.29, 1.82) is 0 Å². The summed E-state index contributed by atoms with van der Waals surface area (Å²) in [6.07, 6.45) is 11.8. The van der Waals surface area contributed by atoms with Crippen LogP contribution < -0.4 is 0 Å². The summed E-state index contributed by atoms with van der Waals surface area (Å²) in [6, 6.07) is 0. The van der Waals surface area contributed by atoms with Crippen LogP contribution in [0.25, 0.3) is 0 Å². The molecule has 0 aliphatic heterocycles. The van der Waals surface area contributed by atoms with Gasteiger partial charge < -0.3 is 0 Å². The Morgan fingerprint density at radius 1 is 1.08 bits per heavy atom. The summed E-state index contributed by atoms with van der Waals surface area (Å²) in [5.41, 5.74) is 0.821. The van der Waals surface area contributed by atoms with Crippen LogP contribution in [0.1, 0.15) is 72.1 Å². The molecule has 0 aromatic rings. The number of unbranched alkanes of at least 4 members (excludes halogenated alkanes) is 3. The molecule has 0 N–H and O–H groups in total. The summed E-state index contributed by atoms with van der Waals surface area (Å²) in [4.78, 5) is 0. The van der Waals surface area contributed by atoms with Crippen molar-refractivity contribution in [2.45, 2.75) is 72.1 Å². The zero-order valence-corrected chi connectivity index (χ0v) is 9.73. The molecule has 0 heteroatoms. The third-order valence-corrected chi connectivity index (χ3v) is 3.36. The van der Waals surface area contributed by atoms with Gasteiger partial charge in [-0.25, -0.2) is 0 Å². The molecule has 0 heterocycles. The molecular weight excluding hydrogens is 156 g/mol. The zero-order valence-electron chi connectivity index (χ0n) is 9.73. The zero-order chi connectivity index (χ0) is 9.73. The maximum Gasteiger partial charge on any atom is -0.0295 e. The average Bonchev–Trinajstić information content (AvgIpc) is 2.78. The molecule has 78 valence electrons. The van der Waals surface area contributed by atoms with Crippen LogP contribution in [0.4, 0.5) is 0 Å². The Bertz CT molecular complexity index is 131. The number of rotatable bonds is 7. The lowest BCUT2D eigenvalue weighted by atomic mass is 9.89. The lowest BCUT2D eigenvalue weighted by Gasteiger charge is -2.17. The SMILES string of the molecule is CCCCCCC1(CC(C)C)CC1. The molecule has 0 nitrogen and oxygen atoms in total. The van der Waals surface area contributed by atoms with Crippen LogP contribution >= 0.6 is 0 Å². The largest absolute Gasteiger partial charge is 0.0654 e. The third-order valence-electron chi connectivity index (χ3n) is 3.36. The summed E-state index contributed by atoms with van der Waals surface area (Å²) in [7, 11) is 0. The van der Waals surface area contributed by atoms with Crippen molar-refractivity contribution in [3.63, 3.8) is 0 Å². The molecule has 0 aromatic carbocycles. The van der Waals surface area contributed by atoms with Gasteiger partial charge in [-0.05, 0) is 37.0 Å². The van der Waals surface area contributed by atoms with E-state index in [1.165, 1.54) is 51.4 Å². The fraction of sp³-hybridized carbons (Fsp3) is 1.00. The molecule has 1 saturated carbocycles. The molecule has 0 bridgehead atoms. The van der Waals surface area contributed by atoms with Crippen molar-refractivity contribution in [3.05, 3.63) is 0 Å². The van der Waals surface area contributed by atoms with Crippen LogP contribution in [0.5, 0.6) is 0 Å². The molecule has 1 aliphatic carbocycles. The summed E-state index contributed by atoms with van der Waals surface area (Å²) >= 11 is 0. The van der Waals surface area contributed by atoms with E-state index in [0.717, 1.165) is 11.3 Å². The highest BCUT2D eigenvalue weighted by atomic mass is 14.5. The van der Waals surface area contributed by atoms with Crippen molar-refractivity contribution in [2.75, 3.05) is 0 Å². The van der Waals surface area contributed by atoms with Crippen LogP contribution in [-0.4, -0.2) is 0 Å². The van der Waals surface area contributed by atoms with Gasteiger partial charge in [0.05, 0.1) is 0 Å². The normalized spacial score (nSPS) is 19.4. The Labute approximate surface area is 84.1 Å². The van der Waals surface area contributed by atoms with E-state index >= 15 is 0 Å². The quantitative estimate of drug-likeness (QED) is 0.497. The highest BCUT2D eigenvalue weighted by Crippen LogP contribution is 2.54. The molecule has 0 atom stereocenters. The topological polar surface area (TPSA) is 0 Å². The van der Waals surface area contributed by atoms with E-state index in [9.17, 15) is 0 Å². The van der Waals surface area contributed by atoms with Gasteiger partial charge in [0.25, 0.3) is 0 Å². The van der Waals surface area contributed by atoms with Gasteiger partial charge in [-0.15, -0.1) is 0 Å². The molecule has 0 spiro atoms. The first kappa shape index (κ1) is 11.1. The predicted octanol–water partition coefficient (Wildman–Crippen LogP) is 4.78. The Balaban J connectivity index is 2.06. The van der Waals surface area contributed by atoms with Gasteiger partial charge in [0.2, 0.25) is 0 Å². The first-order valence-corrected chi connectivity index (χ1v) is 6.18. The van der Waals surface area contributed by atoms with Gasteiger partial charge in [-0.3, -0.25) is 0 Å². The van der Waals surface area contributed by atoms with Crippen LogP contribution in [0, 0.1) is 11.3 Å². The molecule has 1 aliphatic rings. The van der Waals surface area contributed by atoms with Gasteiger partial charge in [-0.1, -0.05) is 46.5 Å². The van der Waals surface area contributed by atoms with E-state index in [-0.39, 0.29) is 0 Å². The van der Waals surface area contributed by atoms with E-state index in [2.05, 4.69) is 20.8 Å². The molecular formula is C13H26. The monoisotopic (exact) mass is 182 g/mol. The minimum absolute atomic E-state index is 0.821. The third kappa shape index (κ3) is 4.15. The van der Waals surface area contributed by atoms with Gasteiger partial charge in [0, 0.05) is 0 Å². The van der Waals surface area contributed by atoms with Gasteiger partial charge >= 0.3 is 0 Å². The Hall–Kier alpha value is 0. The Morgan fingerprint density at radius 2 is 1.77 bits per heavy atom. The summed E-state index contributed by atoms with van der Waals surface area (Å²) in [6.45, 7) is 7.03. The first-order valence-electron chi connectivity index (χ1n) is 6.18. The fourth-order valence-electron chi connectivity index (χ4n) is 2.53. The predicted molar refractivity (Wildman–Crippen MR) is 59.9 cm³/mol. The summed E-state index contributed by atoms with van der Waals surface area (Å²) < 4.78 is 0. The van der Waals surface area contributed by atoms with Crippen molar-refractivity contribution in [3.8, 4) is 0 Å². The molecule has 1 rings (SSSR count). The van der Waals surface area contributed by atoms with Crippen LogP contribution in [0.15, 0.2) is 0 Å². The smallest absolute Gasteiger partial charge is 0.0295 e. The minimum atomic E-state index is 0.821. The Morgan fingerprint density at radius 3 is 2.23 bits per heavy atom. The maximum atomic E-state index is 2.37. The summed E-state index contributed by atoms with van der Waals surface area (Å²) in [5.74, 6) is 0.911. The van der Waals surface area contributed by atoms with E-state index < -0.39 is 0 Å². The molecule has 13 heavy (non-hydrogen) atoms. The van der Waals surface area contributed by atoms with E-state index in [1.54, 1.807) is 0 Å². The summed E-state index contributed by atoms with van der Waals surface area (Å²) in [5, 5.41) is 0. The van der Waals surface area contributed by atoms with Crippen LogP contribution in [0.3, 0.4) is 0 Å². The molecule has 0 amide bonds. The second-order valence-electron chi connectivity index (χ2n) is 5.41. The maximum absolute atomic E-state index is 2.37.